The van der Waals surface area contributed by atoms with E-state index in [1.807, 2.05) is 16.0 Å². The van der Waals surface area contributed by atoms with Gasteiger partial charge in [-0.3, -0.25) is 9.20 Å². The van der Waals surface area contributed by atoms with Gasteiger partial charge in [0.05, 0.1) is 12.1 Å². The van der Waals surface area contributed by atoms with Crippen molar-refractivity contribution < 1.29 is 13.6 Å². The second-order valence-corrected chi connectivity index (χ2v) is 10.1. The van der Waals surface area contributed by atoms with E-state index in [0.717, 1.165) is 27.5 Å². The van der Waals surface area contributed by atoms with Gasteiger partial charge in [-0.05, 0) is 42.0 Å². The van der Waals surface area contributed by atoms with Gasteiger partial charge < -0.3 is 5.32 Å². The van der Waals surface area contributed by atoms with E-state index in [1.165, 1.54) is 58.7 Å². The Labute approximate surface area is 199 Å². The van der Waals surface area contributed by atoms with Gasteiger partial charge in [0.25, 0.3) is 0 Å². The van der Waals surface area contributed by atoms with Crippen molar-refractivity contribution in [2.45, 2.75) is 16.5 Å². The summed E-state index contributed by atoms with van der Waals surface area (Å²) in [6.45, 7) is 0. The number of hydrogen-bond acceptors (Lipinski definition) is 7. The van der Waals surface area contributed by atoms with Crippen LogP contribution in [0.1, 0.15) is 11.3 Å². The van der Waals surface area contributed by atoms with Gasteiger partial charge in [-0.15, -0.1) is 21.5 Å². The van der Waals surface area contributed by atoms with Gasteiger partial charge in [-0.25, -0.2) is 13.8 Å². The Morgan fingerprint density at radius 1 is 1.03 bits per heavy atom. The number of amides is 1. The standard InChI is InChI=1S/C22H15F2N5OS3/c23-15-5-1-13(2-6-15)11-32-22-28-27-20(33-22)26-19(30)9-17-12-31-21-25-18(10-29(17)21)14-3-7-16(24)8-4-14/h1-8,10,12H,9,11H2,(H,26,27,30). The molecule has 5 aromatic rings. The zero-order chi connectivity index (χ0) is 22.8. The molecule has 0 radical (unpaired) electrons. The summed E-state index contributed by atoms with van der Waals surface area (Å²) in [5.41, 5.74) is 3.30. The molecule has 3 aromatic heterocycles. The van der Waals surface area contributed by atoms with Crippen molar-refractivity contribution in [1.29, 1.82) is 0 Å². The summed E-state index contributed by atoms with van der Waals surface area (Å²) in [6, 6.07) is 12.4. The molecule has 166 valence electrons. The lowest BCUT2D eigenvalue weighted by Gasteiger charge is -2.00. The Balaban J connectivity index is 1.21. The van der Waals surface area contributed by atoms with Crippen molar-refractivity contribution >= 4 is 50.4 Å². The fourth-order valence-corrected chi connectivity index (χ4v) is 5.69. The average molecular weight is 500 g/mol. The van der Waals surface area contributed by atoms with Gasteiger partial charge in [0, 0.05) is 28.6 Å². The summed E-state index contributed by atoms with van der Waals surface area (Å²) in [4.78, 5) is 17.9. The number of nitrogens with one attached hydrogen (secondary N) is 1. The van der Waals surface area contributed by atoms with Gasteiger partial charge >= 0.3 is 0 Å². The molecule has 0 spiro atoms. The van der Waals surface area contributed by atoms with Crippen LogP contribution in [-0.4, -0.2) is 25.5 Å². The van der Waals surface area contributed by atoms with E-state index in [9.17, 15) is 13.6 Å². The van der Waals surface area contributed by atoms with Crippen molar-refractivity contribution in [2.24, 2.45) is 0 Å². The number of fused-ring (bicyclic) bond motifs is 1. The molecule has 6 nitrogen and oxygen atoms in total. The number of thiazole rings is 1. The number of nitrogens with zero attached hydrogens (tertiary/aromatic N) is 4. The molecule has 0 saturated heterocycles. The normalized spacial score (nSPS) is 11.2. The first-order chi connectivity index (χ1) is 16.0. The third-order valence-electron chi connectivity index (χ3n) is 4.69. The fourth-order valence-electron chi connectivity index (χ4n) is 3.09. The van der Waals surface area contributed by atoms with Gasteiger partial charge in [-0.2, -0.15) is 0 Å². The second kappa shape index (κ2) is 9.38. The van der Waals surface area contributed by atoms with Crippen LogP contribution in [0.3, 0.4) is 0 Å². The van der Waals surface area contributed by atoms with E-state index in [1.54, 1.807) is 24.3 Å². The molecule has 11 heteroatoms. The minimum absolute atomic E-state index is 0.150. The molecule has 0 saturated carbocycles. The molecule has 1 N–H and O–H groups in total. The summed E-state index contributed by atoms with van der Waals surface area (Å²) in [7, 11) is 0. The number of hydrogen-bond donors (Lipinski definition) is 1. The first-order valence-corrected chi connectivity index (χ1v) is 12.4. The number of rotatable bonds is 7. The Morgan fingerprint density at radius 2 is 1.76 bits per heavy atom. The third kappa shape index (κ3) is 5.10. The lowest BCUT2D eigenvalue weighted by molar-refractivity contribution is -0.115. The molecule has 5 rings (SSSR count). The maximum atomic E-state index is 13.2. The molecule has 2 aromatic carbocycles. The maximum absolute atomic E-state index is 13.2. The van der Waals surface area contributed by atoms with Gasteiger partial charge in [0.2, 0.25) is 11.0 Å². The predicted octanol–water partition coefficient (Wildman–Crippen LogP) is 5.67. The highest BCUT2D eigenvalue weighted by atomic mass is 32.2. The highest BCUT2D eigenvalue weighted by Crippen LogP contribution is 2.29. The zero-order valence-corrected chi connectivity index (χ0v) is 19.3. The third-order valence-corrected chi connectivity index (χ3v) is 7.63. The summed E-state index contributed by atoms with van der Waals surface area (Å²) in [6.07, 6.45) is 1.99. The minimum Gasteiger partial charge on any atom is -0.300 e. The van der Waals surface area contributed by atoms with Crippen LogP contribution in [0.5, 0.6) is 0 Å². The van der Waals surface area contributed by atoms with Crippen LogP contribution in [-0.2, 0) is 17.0 Å². The average Bonchev–Trinajstić information content (AvgIpc) is 3.51. The number of carbonyl (C=O) groups excluding carboxylic acids is 1. The van der Waals surface area contributed by atoms with E-state index in [2.05, 4.69) is 20.5 Å². The SMILES string of the molecule is O=C(Cc1csc2nc(-c3ccc(F)cc3)cn12)Nc1nnc(SCc2ccc(F)cc2)s1. The molecule has 0 fully saturated rings. The second-order valence-electron chi connectivity index (χ2n) is 7.03. The van der Waals surface area contributed by atoms with E-state index >= 15 is 0 Å². The van der Waals surface area contributed by atoms with Crippen LogP contribution in [0.2, 0.25) is 0 Å². The van der Waals surface area contributed by atoms with Crippen LogP contribution in [0.15, 0.2) is 64.4 Å². The van der Waals surface area contributed by atoms with E-state index in [0.29, 0.717) is 15.2 Å². The topological polar surface area (TPSA) is 72.2 Å². The summed E-state index contributed by atoms with van der Waals surface area (Å²) < 4.78 is 28.8. The number of imidazole rings is 1. The number of anilines is 1. The number of aromatic nitrogens is 4. The molecular weight excluding hydrogens is 484 g/mol. The van der Waals surface area contributed by atoms with Crippen molar-refractivity contribution in [2.75, 3.05) is 5.32 Å². The number of benzene rings is 2. The number of thioether (sulfide) groups is 1. The number of carbonyl (C=O) groups is 1. The highest BCUT2D eigenvalue weighted by molar-refractivity contribution is 8.00. The molecular formula is C22H15F2N5OS3. The molecule has 0 aliphatic heterocycles. The van der Waals surface area contributed by atoms with Crippen LogP contribution < -0.4 is 5.32 Å². The van der Waals surface area contributed by atoms with Gasteiger partial charge in [0.15, 0.2) is 9.30 Å². The first-order valence-electron chi connectivity index (χ1n) is 9.75. The van der Waals surface area contributed by atoms with Crippen LogP contribution in [0, 0.1) is 11.6 Å². The van der Waals surface area contributed by atoms with Crippen LogP contribution in [0.4, 0.5) is 13.9 Å². The monoisotopic (exact) mass is 499 g/mol. The highest BCUT2D eigenvalue weighted by Gasteiger charge is 2.14. The van der Waals surface area contributed by atoms with Crippen LogP contribution >= 0.6 is 34.4 Å². The predicted molar refractivity (Wildman–Crippen MR) is 127 cm³/mol. The zero-order valence-electron chi connectivity index (χ0n) is 16.9. The Bertz CT molecular complexity index is 1410. The minimum atomic E-state index is -0.300. The summed E-state index contributed by atoms with van der Waals surface area (Å²) in [5, 5.41) is 13.2. The maximum Gasteiger partial charge on any atom is 0.232 e. The van der Waals surface area contributed by atoms with E-state index < -0.39 is 0 Å². The molecule has 0 atom stereocenters. The summed E-state index contributed by atoms with van der Waals surface area (Å²) in [5.74, 6) is -0.147. The quantitative estimate of drug-likeness (QED) is 0.231. The van der Waals surface area contributed by atoms with E-state index in [-0.39, 0.29) is 24.0 Å². The van der Waals surface area contributed by atoms with E-state index in [4.69, 9.17) is 0 Å². The Hall–Kier alpha value is -3.15. The molecule has 0 bridgehead atoms. The molecule has 1 amide bonds. The van der Waals surface area contributed by atoms with Crippen molar-refractivity contribution in [3.8, 4) is 11.3 Å². The van der Waals surface area contributed by atoms with Gasteiger partial charge in [-0.1, -0.05) is 35.2 Å². The van der Waals surface area contributed by atoms with Crippen molar-refractivity contribution in [3.05, 3.63) is 83.0 Å². The van der Waals surface area contributed by atoms with Crippen LogP contribution in [0.25, 0.3) is 16.2 Å². The molecule has 3 heterocycles. The lowest BCUT2D eigenvalue weighted by atomic mass is 10.2. The largest absolute Gasteiger partial charge is 0.300 e. The Morgan fingerprint density at radius 3 is 2.52 bits per heavy atom. The smallest absolute Gasteiger partial charge is 0.232 e. The van der Waals surface area contributed by atoms with Crippen molar-refractivity contribution in [3.63, 3.8) is 0 Å². The Kier molecular flexibility index (Phi) is 6.16. The fraction of sp³-hybridized carbons (Fsp3) is 0.0909. The lowest BCUT2D eigenvalue weighted by Crippen LogP contribution is -2.15. The molecule has 0 aliphatic rings. The summed E-state index contributed by atoms with van der Waals surface area (Å²) >= 11 is 4.20. The molecule has 0 unspecified atom stereocenters. The molecule has 33 heavy (non-hydrogen) atoms. The number of halogens is 2. The van der Waals surface area contributed by atoms with Gasteiger partial charge in [0.1, 0.15) is 11.6 Å². The van der Waals surface area contributed by atoms with Crippen molar-refractivity contribution in [1.82, 2.24) is 19.6 Å². The first kappa shape index (κ1) is 21.7. The molecule has 0 aliphatic carbocycles.